The molecule has 3 heteroatoms. The second-order valence-corrected chi connectivity index (χ2v) is 8.06. The van der Waals surface area contributed by atoms with Crippen LogP contribution in [0.5, 0.6) is 0 Å². The quantitative estimate of drug-likeness (QED) is 0.910. The van der Waals surface area contributed by atoms with Gasteiger partial charge in [-0.25, -0.2) is 4.98 Å². The lowest BCUT2D eigenvalue weighted by atomic mass is 9.71. The number of nitrogens with zero attached hydrogens (tertiary/aromatic N) is 1. The molecule has 1 fully saturated rings. The lowest BCUT2D eigenvalue weighted by Gasteiger charge is -2.36. The first-order chi connectivity index (χ1) is 9.53. The van der Waals surface area contributed by atoms with Crippen LogP contribution in [0.25, 0.3) is 10.2 Å². The molecule has 1 aromatic carbocycles. The largest absolute Gasteiger partial charge is 0.327 e. The Bertz CT molecular complexity index is 544. The molecule has 2 aromatic rings. The number of hydrogen-bond donors (Lipinski definition) is 1. The van der Waals surface area contributed by atoms with Crippen molar-refractivity contribution in [3.8, 4) is 0 Å². The van der Waals surface area contributed by atoms with Gasteiger partial charge in [-0.3, -0.25) is 0 Å². The minimum Gasteiger partial charge on any atom is -0.327 e. The highest BCUT2D eigenvalue weighted by molar-refractivity contribution is 7.18. The van der Waals surface area contributed by atoms with E-state index in [1.165, 1.54) is 35.4 Å². The topological polar surface area (TPSA) is 38.9 Å². The minimum absolute atomic E-state index is 0.270. The molecule has 1 heterocycles. The molecular weight excluding hydrogens is 264 g/mol. The minimum atomic E-state index is 0.270. The Morgan fingerprint density at radius 1 is 1.30 bits per heavy atom. The highest BCUT2D eigenvalue weighted by atomic mass is 32.1. The van der Waals surface area contributed by atoms with Crippen molar-refractivity contribution in [1.82, 2.24) is 4.98 Å². The van der Waals surface area contributed by atoms with Crippen molar-refractivity contribution >= 4 is 21.6 Å². The molecule has 1 aliphatic carbocycles. The molecule has 0 amide bonds. The monoisotopic (exact) mass is 288 g/mol. The lowest BCUT2D eigenvalue weighted by Crippen LogP contribution is -2.36. The van der Waals surface area contributed by atoms with Gasteiger partial charge in [0.15, 0.2) is 0 Å². The summed E-state index contributed by atoms with van der Waals surface area (Å²) in [4.78, 5) is 4.71. The van der Waals surface area contributed by atoms with Crippen LogP contribution in [0.1, 0.15) is 44.5 Å². The van der Waals surface area contributed by atoms with E-state index >= 15 is 0 Å². The molecule has 0 bridgehead atoms. The van der Waals surface area contributed by atoms with E-state index in [2.05, 4.69) is 38.1 Å². The summed E-state index contributed by atoms with van der Waals surface area (Å²) in [6.45, 7) is 4.75. The van der Waals surface area contributed by atoms with Crippen LogP contribution in [-0.4, -0.2) is 11.0 Å². The molecule has 3 rings (SSSR count). The Hall–Kier alpha value is -0.930. The molecule has 0 spiro atoms. The molecule has 1 aromatic heterocycles. The third kappa shape index (κ3) is 3.04. The van der Waals surface area contributed by atoms with Crippen LogP contribution in [0, 0.1) is 11.3 Å². The highest BCUT2D eigenvalue weighted by Crippen LogP contribution is 2.39. The number of thiazole rings is 1. The van der Waals surface area contributed by atoms with Crippen LogP contribution in [0.3, 0.4) is 0 Å². The summed E-state index contributed by atoms with van der Waals surface area (Å²) in [6, 6.07) is 8.63. The lowest BCUT2D eigenvalue weighted by molar-refractivity contribution is 0.173. The van der Waals surface area contributed by atoms with Gasteiger partial charge in [-0.05, 0) is 49.1 Å². The van der Waals surface area contributed by atoms with E-state index in [-0.39, 0.29) is 6.04 Å². The summed E-state index contributed by atoms with van der Waals surface area (Å²) in [6.07, 6.45) is 6.11. The third-order valence-electron chi connectivity index (χ3n) is 4.74. The maximum Gasteiger partial charge on any atom is 0.0954 e. The van der Waals surface area contributed by atoms with Crippen molar-refractivity contribution in [2.75, 3.05) is 0 Å². The molecule has 108 valence electrons. The normalized spacial score (nSPS) is 21.1. The van der Waals surface area contributed by atoms with Gasteiger partial charge in [0.25, 0.3) is 0 Å². The zero-order chi connectivity index (χ0) is 14.2. The summed E-state index contributed by atoms with van der Waals surface area (Å²) in [5.41, 5.74) is 8.09. The molecule has 2 N–H and O–H groups in total. The van der Waals surface area contributed by atoms with Gasteiger partial charge >= 0.3 is 0 Å². The predicted octanol–water partition coefficient (Wildman–Crippen LogP) is 4.38. The number of benzene rings is 1. The van der Waals surface area contributed by atoms with Crippen molar-refractivity contribution in [2.45, 2.75) is 52.0 Å². The molecule has 1 aliphatic rings. The van der Waals surface area contributed by atoms with E-state index in [1.807, 2.05) is 0 Å². The van der Waals surface area contributed by atoms with Gasteiger partial charge in [0.05, 0.1) is 15.2 Å². The van der Waals surface area contributed by atoms with Gasteiger partial charge in [0, 0.05) is 12.5 Å². The first kappa shape index (κ1) is 14.0. The van der Waals surface area contributed by atoms with Gasteiger partial charge in [0.1, 0.15) is 0 Å². The SMILES string of the molecule is CC1(C)CCC(C(N)Cc2nc3ccccc3s2)CC1. The highest BCUT2D eigenvalue weighted by Gasteiger charge is 2.30. The summed E-state index contributed by atoms with van der Waals surface area (Å²) >= 11 is 1.80. The van der Waals surface area contributed by atoms with E-state index in [0.29, 0.717) is 11.3 Å². The fourth-order valence-corrected chi connectivity index (χ4v) is 4.26. The van der Waals surface area contributed by atoms with E-state index in [0.717, 1.165) is 11.9 Å². The van der Waals surface area contributed by atoms with Crippen LogP contribution in [0.4, 0.5) is 0 Å². The van der Waals surface area contributed by atoms with Crippen LogP contribution in [0.2, 0.25) is 0 Å². The van der Waals surface area contributed by atoms with Crippen molar-refractivity contribution in [2.24, 2.45) is 17.1 Å². The summed E-state index contributed by atoms with van der Waals surface area (Å²) in [5.74, 6) is 0.676. The Labute approximate surface area is 125 Å². The van der Waals surface area contributed by atoms with Gasteiger partial charge in [0.2, 0.25) is 0 Å². The molecule has 1 unspecified atom stereocenters. The van der Waals surface area contributed by atoms with Gasteiger partial charge in [-0.1, -0.05) is 26.0 Å². The maximum absolute atomic E-state index is 6.46. The van der Waals surface area contributed by atoms with Crippen molar-refractivity contribution in [3.63, 3.8) is 0 Å². The summed E-state index contributed by atoms with van der Waals surface area (Å²) in [7, 11) is 0. The number of nitrogens with two attached hydrogens (primary N) is 1. The Balaban J connectivity index is 1.65. The standard InChI is InChI=1S/C17H24N2S/c1-17(2)9-7-12(8-10-17)13(18)11-16-19-14-5-3-4-6-15(14)20-16/h3-6,12-13H,7-11,18H2,1-2H3. The van der Waals surface area contributed by atoms with E-state index in [9.17, 15) is 0 Å². The van der Waals surface area contributed by atoms with Crippen molar-refractivity contribution in [1.29, 1.82) is 0 Å². The second-order valence-electron chi connectivity index (χ2n) is 6.94. The predicted molar refractivity (Wildman–Crippen MR) is 87.0 cm³/mol. The van der Waals surface area contributed by atoms with E-state index in [4.69, 9.17) is 10.7 Å². The molecule has 1 atom stereocenters. The zero-order valence-corrected chi connectivity index (χ0v) is 13.2. The average molecular weight is 288 g/mol. The first-order valence-electron chi connectivity index (χ1n) is 7.63. The molecular formula is C17H24N2S. The molecule has 0 radical (unpaired) electrons. The number of aromatic nitrogens is 1. The molecule has 1 saturated carbocycles. The van der Waals surface area contributed by atoms with Gasteiger partial charge < -0.3 is 5.73 Å². The fraction of sp³-hybridized carbons (Fsp3) is 0.588. The van der Waals surface area contributed by atoms with Crippen molar-refractivity contribution < 1.29 is 0 Å². The summed E-state index contributed by atoms with van der Waals surface area (Å²) in [5, 5.41) is 1.20. The average Bonchev–Trinajstić information content (AvgIpc) is 2.80. The Morgan fingerprint density at radius 2 is 2.00 bits per heavy atom. The van der Waals surface area contributed by atoms with E-state index < -0.39 is 0 Å². The summed E-state index contributed by atoms with van der Waals surface area (Å²) < 4.78 is 1.28. The second kappa shape index (κ2) is 5.45. The molecule has 0 aliphatic heterocycles. The smallest absolute Gasteiger partial charge is 0.0954 e. The number of rotatable bonds is 3. The van der Waals surface area contributed by atoms with E-state index in [1.54, 1.807) is 11.3 Å². The zero-order valence-electron chi connectivity index (χ0n) is 12.4. The van der Waals surface area contributed by atoms with Crippen LogP contribution in [-0.2, 0) is 6.42 Å². The van der Waals surface area contributed by atoms with Gasteiger partial charge in [-0.2, -0.15) is 0 Å². The molecule has 2 nitrogen and oxygen atoms in total. The van der Waals surface area contributed by atoms with Crippen LogP contribution < -0.4 is 5.73 Å². The maximum atomic E-state index is 6.46. The van der Waals surface area contributed by atoms with Crippen LogP contribution in [0.15, 0.2) is 24.3 Å². The Kier molecular flexibility index (Phi) is 3.83. The number of para-hydroxylation sites is 1. The number of hydrogen-bond acceptors (Lipinski definition) is 3. The van der Waals surface area contributed by atoms with Crippen LogP contribution >= 0.6 is 11.3 Å². The molecule has 0 saturated heterocycles. The fourth-order valence-electron chi connectivity index (χ4n) is 3.23. The Morgan fingerprint density at radius 3 is 2.70 bits per heavy atom. The third-order valence-corrected chi connectivity index (χ3v) is 5.80. The van der Waals surface area contributed by atoms with Crippen molar-refractivity contribution in [3.05, 3.63) is 29.3 Å². The molecule has 20 heavy (non-hydrogen) atoms. The number of fused-ring (bicyclic) bond motifs is 1. The van der Waals surface area contributed by atoms with Gasteiger partial charge in [-0.15, -0.1) is 11.3 Å². The first-order valence-corrected chi connectivity index (χ1v) is 8.45.